The van der Waals surface area contributed by atoms with Crippen LogP contribution in [0.25, 0.3) is 5.69 Å². The highest BCUT2D eigenvalue weighted by Crippen LogP contribution is 2.22. The van der Waals surface area contributed by atoms with Gasteiger partial charge in [0, 0.05) is 23.3 Å². The first-order chi connectivity index (χ1) is 14.1. The van der Waals surface area contributed by atoms with Crippen molar-refractivity contribution in [1.82, 2.24) is 15.4 Å². The molecule has 1 heterocycles. The molecule has 0 aliphatic rings. The highest BCUT2D eigenvalue weighted by atomic mass is 35.5. The molecular weight excluding hydrogens is 426 g/mol. The van der Waals surface area contributed by atoms with E-state index in [1.54, 1.807) is 6.07 Å². The van der Waals surface area contributed by atoms with E-state index in [2.05, 4.69) is 10.9 Å². The molecule has 0 fully saturated rings. The maximum Gasteiger partial charge on any atom is 0.271 e. The van der Waals surface area contributed by atoms with Crippen molar-refractivity contribution in [3.8, 4) is 5.69 Å². The molecule has 0 aliphatic heterocycles. The van der Waals surface area contributed by atoms with Gasteiger partial charge in [-0.15, -0.1) is 0 Å². The van der Waals surface area contributed by atoms with Gasteiger partial charge in [0.05, 0.1) is 21.0 Å². The molecule has 2 aromatic carbocycles. The van der Waals surface area contributed by atoms with E-state index in [-0.39, 0.29) is 15.5 Å². The zero-order valence-electron chi connectivity index (χ0n) is 16.6. The van der Waals surface area contributed by atoms with E-state index in [1.807, 2.05) is 48.7 Å². The molecule has 3 rings (SSSR count). The lowest BCUT2D eigenvalue weighted by atomic mass is 10.2. The number of sulfone groups is 1. The molecule has 0 unspecified atom stereocenters. The van der Waals surface area contributed by atoms with Crippen LogP contribution in [0.5, 0.6) is 0 Å². The zero-order valence-corrected chi connectivity index (χ0v) is 18.1. The molecule has 0 atom stereocenters. The van der Waals surface area contributed by atoms with Crippen LogP contribution in [-0.2, 0) is 9.84 Å². The molecule has 0 saturated carbocycles. The molecular formula is C21H20ClN3O4S. The fraction of sp³-hybridized carbons (Fsp3) is 0.143. The summed E-state index contributed by atoms with van der Waals surface area (Å²) in [5.74, 6) is -1.23. The number of hydrazine groups is 1. The van der Waals surface area contributed by atoms with Crippen molar-refractivity contribution >= 4 is 33.3 Å². The summed E-state index contributed by atoms with van der Waals surface area (Å²) in [6.45, 7) is 3.69. The Balaban J connectivity index is 1.79. The van der Waals surface area contributed by atoms with Gasteiger partial charge >= 0.3 is 0 Å². The van der Waals surface area contributed by atoms with Gasteiger partial charge in [-0.1, -0.05) is 29.8 Å². The Bertz CT molecular complexity index is 1230. The number of carbonyl (C=O) groups excluding carboxylic acids is 2. The van der Waals surface area contributed by atoms with Crippen molar-refractivity contribution in [1.29, 1.82) is 0 Å². The average Bonchev–Trinajstić information content (AvgIpc) is 3.00. The molecule has 0 radical (unpaired) electrons. The van der Waals surface area contributed by atoms with Gasteiger partial charge in [0.25, 0.3) is 11.8 Å². The first kappa shape index (κ1) is 21.6. The molecule has 0 bridgehead atoms. The van der Waals surface area contributed by atoms with Crippen LogP contribution in [-0.4, -0.2) is 31.1 Å². The predicted molar refractivity (Wildman–Crippen MR) is 115 cm³/mol. The van der Waals surface area contributed by atoms with E-state index < -0.39 is 21.7 Å². The van der Waals surface area contributed by atoms with E-state index in [4.69, 9.17) is 11.6 Å². The largest absolute Gasteiger partial charge is 0.318 e. The van der Waals surface area contributed by atoms with Gasteiger partial charge < -0.3 is 4.57 Å². The molecule has 7 nitrogen and oxygen atoms in total. The number of benzene rings is 2. The quantitative estimate of drug-likeness (QED) is 0.602. The monoisotopic (exact) mass is 445 g/mol. The van der Waals surface area contributed by atoms with Crippen molar-refractivity contribution in [2.75, 3.05) is 6.26 Å². The number of hydrogen-bond donors (Lipinski definition) is 2. The van der Waals surface area contributed by atoms with E-state index in [1.165, 1.54) is 18.2 Å². The van der Waals surface area contributed by atoms with Crippen LogP contribution in [0.2, 0.25) is 5.02 Å². The number of amides is 2. The number of carbonyl (C=O) groups is 2. The Hall–Kier alpha value is -3.10. The first-order valence-corrected chi connectivity index (χ1v) is 11.2. The van der Waals surface area contributed by atoms with E-state index >= 15 is 0 Å². The summed E-state index contributed by atoms with van der Waals surface area (Å²) >= 11 is 6.02. The minimum absolute atomic E-state index is 0.0465. The lowest BCUT2D eigenvalue weighted by molar-refractivity contribution is 0.0846. The Morgan fingerprint density at radius 1 is 0.900 bits per heavy atom. The number of nitrogens with one attached hydrogen (secondary N) is 2. The number of rotatable bonds is 4. The summed E-state index contributed by atoms with van der Waals surface area (Å²) in [6.07, 6.45) is 1.03. The van der Waals surface area contributed by atoms with Gasteiger partial charge in [0.2, 0.25) is 0 Å². The second-order valence-corrected chi connectivity index (χ2v) is 9.20. The van der Waals surface area contributed by atoms with Gasteiger partial charge in [0.15, 0.2) is 9.84 Å². The second kappa shape index (κ2) is 8.33. The topological polar surface area (TPSA) is 97.3 Å². The summed E-state index contributed by atoms with van der Waals surface area (Å²) in [5, 5.41) is 0.0661. The third kappa shape index (κ3) is 4.39. The van der Waals surface area contributed by atoms with Gasteiger partial charge in [-0.3, -0.25) is 20.4 Å². The van der Waals surface area contributed by atoms with Crippen LogP contribution in [0.1, 0.15) is 32.1 Å². The van der Waals surface area contributed by atoms with Crippen LogP contribution in [0.15, 0.2) is 59.5 Å². The third-order valence-electron chi connectivity index (χ3n) is 4.59. The molecule has 0 spiro atoms. The van der Waals surface area contributed by atoms with Crippen LogP contribution >= 0.6 is 11.6 Å². The van der Waals surface area contributed by atoms with Crippen molar-refractivity contribution in [2.45, 2.75) is 18.7 Å². The van der Waals surface area contributed by atoms with E-state index in [0.29, 0.717) is 11.3 Å². The number of aromatic nitrogens is 1. The van der Waals surface area contributed by atoms with E-state index in [0.717, 1.165) is 17.6 Å². The van der Waals surface area contributed by atoms with Gasteiger partial charge in [-0.25, -0.2) is 8.42 Å². The molecule has 0 saturated heterocycles. The zero-order chi connectivity index (χ0) is 22.1. The van der Waals surface area contributed by atoms with E-state index in [9.17, 15) is 18.0 Å². The number of halogens is 1. The summed E-state index contributed by atoms with van der Waals surface area (Å²) in [7, 11) is -3.51. The number of nitrogens with zero attached hydrogens (tertiary/aromatic N) is 1. The molecule has 1 aromatic heterocycles. The van der Waals surface area contributed by atoms with Crippen molar-refractivity contribution in [3.05, 3.63) is 82.1 Å². The Morgan fingerprint density at radius 3 is 2.10 bits per heavy atom. The molecule has 2 amide bonds. The van der Waals surface area contributed by atoms with Crippen molar-refractivity contribution < 1.29 is 18.0 Å². The molecule has 9 heteroatoms. The normalized spacial score (nSPS) is 11.2. The molecule has 156 valence electrons. The van der Waals surface area contributed by atoms with Crippen molar-refractivity contribution in [3.63, 3.8) is 0 Å². The van der Waals surface area contributed by atoms with Gasteiger partial charge in [-0.2, -0.15) is 0 Å². The number of para-hydroxylation sites is 1. The maximum absolute atomic E-state index is 12.6. The van der Waals surface area contributed by atoms with Crippen molar-refractivity contribution in [2.24, 2.45) is 0 Å². The molecule has 2 N–H and O–H groups in total. The molecule has 30 heavy (non-hydrogen) atoms. The van der Waals surface area contributed by atoms with Gasteiger partial charge in [0.1, 0.15) is 0 Å². The number of hydrogen-bond acceptors (Lipinski definition) is 4. The summed E-state index contributed by atoms with van der Waals surface area (Å²) < 4.78 is 25.4. The Labute approximate surface area is 179 Å². The Morgan fingerprint density at radius 2 is 1.50 bits per heavy atom. The van der Waals surface area contributed by atoms with Crippen LogP contribution in [0.3, 0.4) is 0 Å². The lowest BCUT2D eigenvalue weighted by Gasteiger charge is -2.11. The molecule has 0 aliphatic carbocycles. The SMILES string of the molecule is Cc1cc(C(=O)NNC(=O)c2cc(S(C)(=O)=O)ccc2Cl)c(C)n1-c1ccccc1. The lowest BCUT2D eigenvalue weighted by Crippen LogP contribution is -2.42. The predicted octanol–water partition coefficient (Wildman–Crippen LogP) is 3.23. The second-order valence-electron chi connectivity index (χ2n) is 6.78. The summed E-state index contributed by atoms with van der Waals surface area (Å²) in [6, 6.07) is 15.1. The van der Waals surface area contributed by atoms with Gasteiger partial charge in [-0.05, 0) is 50.2 Å². The first-order valence-electron chi connectivity index (χ1n) is 8.94. The third-order valence-corrected chi connectivity index (χ3v) is 6.03. The van der Waals surface area contributed by atoms with Crippen LogP contribution in [0, 0.1) is 13.8 Å². The standard InChI is InChI=1S/C21H20ClN3O4S/c1-13-11-17(14(2)25(13)15-7-5-4-6-8-15)20(26)23-24-21(27)18-12-16(30(3,28)29)9-10-19(18)22/h4-12H,1-3H3,(H,23,26)(H,24,27). The minimum Gasteiger partial charge on any atom is -0.318 e. The highest BCUT2D eigenvalue weighted by molar-refractivity contribution is 7.90. The summed E-state index contributed by atoms with van der Waals surface area (Å²) in [5.41, 5.74) is 7.46. The molecule has 3 aromatic rings. The highest BCUT2D eigenvalue weighted by Gasteiger charge is 2.19. The fourth-order valence-electron chi connectivity index (χ4n) is 3.12. The average molecular weight is 446 g/mol. The number of aryl methyl sites for hydroxylation is 1. The van der Waals surface area contributed by atoms with Crippen LogP contribution in [0.4, 0.5) is 0 Å². The maximum atomic E-state index is 12.6. The fourth-order valence-corrected chi connectivity index (χ4v) is 3.97. The minimum atomic E-state index is -3.51. The Kier molecular flexibility index (Phi) is 6.00. The smallest absolute Gasteiger partial charge is 0.271 e. The van der Waals surface area contributed by atoms with Crippen LogP contribution < -0.4 is 10.9 Å². The summed E-state index contributed by atoms with van der Waals surface area (Å²) in [4.78, 5) is 25.0.